The lowest BCUT2D eigenvalue weighted by Crippen LogP contribution is -2.32. The van der Waals surface area contributed by atoms with Gasteiger partial charge in [0, 0.05) is 5.69 Å². The minimum atomic E-state index is -0.348. The Hall–Kier alpha value is -3.66. The minimum Gasteiger partial charge on any atom is -0.350 e. The SMILES string of the molecule is Cc1ccc(C2=C(Nc3ccc(C(C)C)cc3)C(=O)N(c3cccc(C)c3)C2=O)cc1. The Labute approximate surface area is 183 Å². The number of imide groups is 1. The quantitative estimate of drug-likeness (QED) is 0.539. The van der Waals surface area contributed by atoms with Crippen LogP contribution in [-0.4, -0.2) is 11.8 Å². The lowest BCUT2D eigenvalue weighted by Gasteiger charge is -2.16. The number of hydrogen-bond acceptors (Lipinski definition) is 3. The first-order valence-electron chi connectivity index (χ1n) is 10.5. The lowest BCUT2D eigenvalue weighted by molar-refractivity contribution is -0.120. The predicted molar refractivity (Wildman–Crippen MR) is 126 cm³/mol. The standard InChI is InChI=1S/C27H26N2O2/c1-17(2)20-12-14-22(15-13-20)28-25-24(21-10-8-18(3)9-11-21)26(30)29(27(25)31)23-7-5-6-19(4)16-23/h5-17,28H,1-4H3. The molecule has 0 atom stereocenters. The van der Waals surface area contributed by atoms with E-state index in [-0.39, 0.29) is 11.8 Å². The second-order valence-electron chi connectivity index (χ2n) is 8.30. The number of carbonyl (C=O) groups excluding carboxylic acids is 2. The van der Waals surface area contributed by atoms with E-state index in [0.717, 1.165) is 22.4 Å². The Morgan fingerprint density at radius 1 is 0.774 bits per heavy atom. The zero-order valence-electron chi connectivity index (χ0n) is 18.3. The van der Waals surface area contributed by atoms with E-state index in [1.165, 1.54) is 10.5 Å². The van der Waals surface area contributed by atoms with Gasteiger partial charge >= 0.3 is 0 Å². The number of amides is 2. The van der Waals surface area contributed by atoms with Gasteiger partial charge in [0.25, 0.3) is 11.8 Å². The van der Waals surface area contributed by atoms with Crippen molar-refractivity contribution in [2.45, 2.75) is 33.6 Å². The van der Waals surface area contributed by atoms with Crippen LogP contribution in [0, 0.1) is 13.8 Å². The Morgan fingerprint density at radius 2 is 1.45 bits per heavy atom. The fourth-order valence-corrected chi connectivity index (χ4v) is 3.73. The lowest BCUT2D eigenvalue weighted by atomic mass is 10.0. The molecule has 0 fully saturated rings. The van der Waals surface area contributed by atoms with Gasteiger partial charge in [-0.15, -0.1) is 0 Å². The molecule has 31 heavy (non-hydrogen) atoms. The maximum absolute atomic E-state index is 13.5. The van der Waals surface area contributed by atoms with Gasteiger partial charge in [-0.05, 0) is 60.7 Å². The summed E-state index contributed by atoms with van der Waals surface area (Å²) in [5.41, 5.74) is 6.06. The van der Waals surface area contributed by atoms with Crippen molar-refractivity contribution in [3.8, 4) is 0 Å². The Balaban J connectivity index is 1.78. The largest absolute Gasteiger partial charge is 0.350 e. The van der Waals surface area contributed by atoms with Crippen LogP contribution < -0.4 is 10.2 Å². The van der Waals surface area contributed by atoms with E-state index in [0.29, 0.717) is 22.9 Å². The maximum Gasteiger partial charge on any atom is 0.282 e. The number of benzene rings is 3. The van der Waals surface area contributed by atoms with E-state index >= 15 is 0 Å². The van der Waals surface area contributed by atoms with Crippen LogP contribution in [0.5, 0.6) is 0 Å². The van der Waals surface area contributed by atoms with E-state index in [1.54, 1.807) is 6.07 Å². The van der Waals surface area contributed by atoms with Gasteiger partial charge in [-0.1, -0.05) is 67.9 Å². The number of nitrogens with one attached hydrogen (secondary N) is 1. The van der Waals surface area contributed by atoms with E-state index < -0.39 is 0 Å². The summed E-state index contributed by atoms with van der Waals surface area (Å²) in [6.07, 6.45) is 0. The zero-order valence-corrected chi connectivity index (χ0v) is 18.3. The van der Waals surface area contributed by atoms with Crippen LogP contribution in [0.1, 0.15) is 42.0 Å². The summed E-state index contributed by atoms with van der Waals surface area (Å²) in [6, 6.07) is 23.1. The van der Waals surface area contributed by atoms with Gasteiger partial charge in [0.1, 0.15) is 5.70 Å². The van der Waals surface area contributed by atoms with E-state index in [1.807, 2.05) is 80.6 Å². The molecule has 3 aromatic rings. The predicted octanol–water partition coefficient (Wildman–Crippen LogP) is 5.82. The first-order chi connectivity index (χ1) is 14.8. The fourth-order valence-electron chi connectivity index (χ4n) is 3.73. The van der Waals surface area contributed by atoms with E-state index in [2.05, 4.69) is 19.2 Å². The molecule has 1 aliphatic heterocycles. The molecule has 2 amide bonds. The molecular weight excluding hydrogens is 384 g/mol. The van der Waals surface area contributed by atoms with Crippen LogP contribution in [0.15, 0.2) is 78.5 Å². The molecule has 0 spiro atoms. The second kappa shape index (κ2) is 8.23. The Bertz CT molecular complexity index is 1170. The average molecular weight is 411 g/mol. The molecule has 156 valence electrons. The van der Waals surface area contributed by atoms with Gasteiger partial charge < -0.3 is 5.32 Å². The van der Waals surface area contributed by atoms with Crippen molar-refractivity contribution in [3.05, 3.63) is 101 Å². The van der Waals surface area contributed by atoms with Gasteiger partial charge in [0.05, 0.1) is 11.3 Å². The maximum atomic E-state index is 13.5. The highest BCUT2D eigenvalue weighted by atomic mass is 16.2. The summed E-state index contributed by atoms with van der Waals surface area (Å²) in [5.74, 6) is -0.247. The van der Waals surface area contributed by atoms with Crippen molar-refractivity contribution < 1.29 is 9.59 Å². The van der Waals surface area contributed by atoms with Crippen LogP contribution in [0.2, 0.25) is 0 Å². The summed E-state index contributed by atoms with van der Waals surface area (Å²) < 4.78 is 0. The van der Waals surface area contributed by atoms with Crippen LogP contribution in [-0.2, 0) is 9.59 Å². The second-order valence-corrected chi connectivity index (χ2v) is 8.30. The molecule has 0 saturated heterocycles. The molecule has 4 heteroatoms. The molecule has 0 aliphatic carbocycles. The monoisotopic (exact) mass is 410 g/mol. The van der Waals surface area contributed by atoms with Crippen molar-refractivity contribution in [1.82, 2.24) is 0 Å². The van der Waals surface area contributed by atoms with Crippen LogP contribution >= 0.6 is 0 Å². The van der Waals surface area contributed by atoms with Gasteiger partial charge in [0.15, 0.2) is 0 Å². The number of rotatable bonds is 5. The molecule has 1 N–H and O–H groups in total. The number of carbonyl (C=O) groups is 2. The molecule has 0 aromatic heterocycles. The Morgan fingerprint density at radius 3 is 2.06 bits per heavy atom. The third kappa shape index (κ3) is 4.02. The summed E-state index contributed by atoms with van der Waals surface area (Å²) in [7, 11) is 0. The van der Waals surface area contributed by atoms with Gasteiger partial charge in [0.2, 0.25) is 0 Å². The summed E-state index contributed by atoms with van der Waals surface area (Å²) in [4.78, 5) is 28.2. The third-order valence-electron chi connectivity index (χ3n) is 5.53. The molecular formula is C27H26N2O2. The average Bonchev–Trinajstić information content (AvgIpc) is 2.98. The molecule has 1 heterocycles. The van der Waals surface area contributed by atoms with E-state index in [9.17, 15) is 9.59 Å². The molecule has 0 radical (unpaired) electrons. The topological polar surface area (TPSA) is 49.4 Å². The smallest absolute Gasteiger partial charge is 0.282 e. The first-order valence-corrected chi connectivity index (χ1v) is 10.5. The molecule has 3 aromatic carbocycles. The fraction of sp³-hybridized carbons (Fsp3) is 0.185. The van der Waals surface area contributed by atoms with Crippen LogP contribution in [0.3, 0.4) is 0 Å². The molecule has 1 aliphatic rings. The highest BCUT2D eigenvalue weighted by Crippen LogP contribution is 2.34. The highest BCUT2D eigenvalue weighted by molar-refractivity contribution is 6.46. The van der Waals surface area contributed by atoms with Crippen molar-refractivity contribution >= 4 is 28.8 Å². The van der Waals surface area contributed by atoms with Crippen molar-refractivity contribution in [1.29, 1.82) is 0 Å². The van der Waals surface area contributed by atoms with E-state index in [4.69, 9.17) is 0 Å². The van der Waals surface area contributed by atoms with Crippen LogP contribution in [0.25, 0.3) is 5.57 Å². The summed E-state index contributed by atoms with van der Waals surface area (Å²) in [6.45, 7) is 8.21. The van der Waals surface area contributed by atoms with Crippen molar-refractivity contribution in [3.63, 3.8) is 0 Å². The van der Waals surface area contributed by atoms with Gasteiger partial charge in [-0.25, -0.2) is 4.90 Å². The van der Waals surface area contributed by atoms with Gasteiger partial charge in [-0.2, -0.15) is 0 Å². The number of anilines is 2. The zero-order chi connectivity index (χ0) is 22.1. The first kappa shape index (κ1) is 20.6. The molecule has 4 nitrogen and oxygen atoms in total. The third-order valence-corrected chi connectivity index (χ3v) is 5.53. The van der Waals surface area contributed by atoms with Crippen LogP contribution in [0.4, 0.5) is 11.4 Å². The summed E-state index contributed by atoms with van der Waals surface area (Å²) in [5, 5.41) is 3.23. The van der Waals surface area contributed by atoms with Crippen molar-refractivity contribution in [2.24, 2.45) is 0 Å². The Kier molecular flexibility index (Phi) is 5.47. The normalized spacial score (nSPS) is 14.0. The summed E-state index contributed by atoms with van der Waals surface area (Å²) >= 11 is 0. The van der Waals surface area contributed by atoms with Gasteiger partial charge in [-0.3, -0.25) is 9.59 Å². The highest BCUT2D eigenvalue weighted by Gasteiger charge is 2.40. The number of hydrogen-bond donors (Lipinski definition) is 1. The van der Waals surface area contributed by atoms with Crippen molar-refractivity contribution in [2.75, 3.05) is 10.2 Å². The number of aryl methyl sites for hydroxylation is 2. The minimum absolute atomic E-state index is 0.299. The molecule has 0 saturated carbocycles. The molecule has 0 bridgehead atoms. The number of nitrogens with zero attached hydrogens (tertiary/aromatic N) is 1. The molecule has 0 unspecified atom stereocenters. The molecule has 4 rings (SSSR count).